The molecular formula is C13H19N3OS. The van der Waals surface area contributed by atoms with Gasteiger partial charge in [0, 0.05) is 7.05 Å². The molecule has 0 bridgehead atoms. The molecule has 0 saturated heterocycles. The van der Waals surface area contributed by atoms with Gasteiger partial charge in [0.05, 0.1) is 11.5 Å². The van der Waals surface area contributed by atoms with E-state index < -0.39 is 0 Å². The summed E-state index contributed by atoms with van der Waals surface area (Å²) in [4.78, 5) is 10.0. The van der Waals surface area contributed by atoms with Gasteiger partial charge >= 0.3 is 0 Å². The molecule has 0 spiro atoms. The van der Waals surface area contributed by atoms with Crippen molar-refractivity contribution < 1.29 is 4.74 Å². The van der Waals surface area contributed by atoms with Gasteiger partial charge in [0.2, 0.25) is 0 Å². The van der Waals surface area contributed by atoms with Crippen LogP contribution in [0.1, 0.15) is 26.6 Å². The third-order valence-corrected chi connectivity index (χ3v) is 3.83. The van der Waals surface area contributed by atoms with E-state index in [9.17, 15) is 0 Å². The van der Waals surface area contributed by atoms with Gasteiger partial charge in [-0.1, -0.05) is 13.8 Å². The number of rotatable bonds is 5. The summed E-state index contributed by atoms with van der Waals surface area (Å²) in [5, 5.41) is 6.21. The van der Waals surface area contributed by atoms with Gasteiger partial charge in [-0.25, -0.2) is 9.97 Å². The summed E-state index contributed by atoms with van der Waals surface area (Å²) >= 11 is 1.62. The summed E-state index contributed by atoms with van der Waals surface area (Å²) in [6.07, 6.45) is 0.214. The van der Waals surface area contributed by atoms with Crippen LogP contribution in [0.3, 0.4) is 0 Å². The van der Waals surface area contributed by atoms with Gasteiger partial charge in [-0.05, 0) is 24.3 Å². The topological polar surface area (TPSA) is 47.0 Å². The maximum absolute atomic E-state index is 5.77. The van der Waals surface area contributed by atoms with Crippen molar-refractivity contribution in [3.63, 3.8) is 0 Å². The average molecular weight is 265 g/mol. The van der Waals surface area contributed by atoms with Crippen LogP contribution in [0.2, 0.25) is 0 Å². The maximum Gasteiger partial charge on any atom is 0.158 e. The molecule has 1 unspecified atom stereocenters. The molecular weight excluding hydrogens is 246 g/mol. The number of hydrogen-bond acceptors (Lipinski definition) is 5. The van der Waals surface area contributed by atoms with Crippen molar-refractivity contribution in [3.8, 4) is 0 Å². The molecule has 0 radical (unpaired) electrons. The summed E-state index contributed by atoms with van der Waals surface area (Å²) in [7, 11) is 1.88. The number of anilines is 1. The molecule has 18 heavy (non-hydrogen) atoms. The van der Waals surface area contributed by atoms with Crippen LogP contribution in [0.4, 0.5) is 5.82 Å². The molecule has 0 saturated carbocycles. The lowest BCUT2D eigenvalue weighted by Crippen LogP contribution is -2.16. The Labute approximate surface area is 111 Å². The number of thiophene rings is 1. The maximum atomic E-state index is 5.77. The van der Waals surface area contributed by atoms with E-state index in [0.717, 1.165) is 21.9 Å². The lowest BCUT2D eigenvalue weighted by atomic mass is 10.1. The molecule has 0 aliphatic carbocycles. The molecule has 2 aromatic rings. The molecule has 0 aromatic carbocycles. The van der Waals surface area contributed by atoms with E-state index in [0.29, 0.717) is 12.5 Å². The Morgan fingerprint density at radius 2 is 2.11 bits per heavy atom. The van der Waals surface area contributed by atoms with Crippen molar-refractivity contribution in [1.82, 2.24) is 9.97 Å². The highest BCUT2D eigenvalue weighted by atomic mass is 32.1. The Morgan fingerprint density at radius 3 is 2.78 bits per heavy atom. The van der Waals surface area contributed by atoms with Crippen molar-refractivity contribution in [2.75, 3.05) is 12.4 Å². The van der Waals surface area contributed by atoms with Crippen molar-refractivity contribution in [2.45, 2.75) is 33.5 Å². The SMILES string of the molecule is CNc1nc(COC(C)C(C)C)nc2sccc12. The summed E-state index contributed by atoms with van der Waals surface area (Å²) in [6.45, 7) is 6.83. The predicted octanol–water partition coefficient (Wildman–Crippen LogP) is 3.29. The molecule has 1 N–H and O–H groups in total. The van der Waals surface area contributed by atoms with E-state index in [1.165, 1.54) is 0 Å². The van der Waals surface area contributed by atoms with Gasteiger partial charge in [0.25, 0.3) is 0 Å². The van der Waals surface area contributed by atoms with Crippen LogP contribution in [0.25, 0.3) is 10.2 Å². The highest BCUT2D eigenvalue weighted by molar-refractivity contribution is 7.16. The monoisotopic (exact) mass is 265 g/mol. The van der Waals surface area contributed by atoms with Gasteiger partial charge in [0.15, 0.2) is 5.82 Å². The minimum Gasteiger partial charge on any atom is -0.372 e. The van der Waals surface area contributed by atoms with E-state index in [4.69, 9.17) is 4.74 Å². The second-order valence-electron chi connectivity index (χ2n) is 4.64. The highest BCUT2D eigenvalue weighted by Crippen LogP contribution is 2.25. The minimum atomic E-state index is 0.214. The fraction of sp³-hybridized carbons (Fsp3) is 0.538. The van der Waals surface area contributed by atoms with Crippen molar-refractivity contribution in [2.24, 2.45) is 5.92 Å². The van der Waals surface area contributed by atoms with Gasteiger partial charge in [-0.15, -0.1) is 11.3 Å². The van der Waals surface area contributed by atoms with E-state index in [1.54, 1.807) is 11.3 Å². The summed E-state index contributed by atoms with van der Waals surface area (Å²) in [5.41, 5.74) is 0. The molecule has 0 amide bonds. The number of nitrogens with zero attached hydrogens (tertiary/aromatic N) is 2. The number of fused-ring (bicyclic) bond motifs is 1. The zero-order valence-electron chi connectivity index (χ0n) is 11.2. The smallest absolute Gasteiger partial charge is 0.158 e. The predicted molar refractivity (Wildman–Crippen MR) is 76.1 cm³/mol. The average Bonchev–Trinajstić information content (AvgIpc) is 2.82. The number of nitrogens with one attached hydrogen (secondary N) is 1. The molecule has 1 atom stereocenters. The van der Waals surface area contributed by atoms with Crippen LogP contribution in [-0.4, -0.2) is 23.1 Å². The van der Waals surface area contributed by atoms with Gasteiger partial charge in [0.1, 0.15) is 17.3 Å². The lowest BCUT2D eigenvalue weighted by molar-refractivity contribution is 0.0202. The van der Waals surface area contributed by atoms with Crippen LogP contribution in [0.15, 0.2) is 11.4 Å². The molecule has 2 heterocycles. The normalized spacial score (nSPS) is 13.2. The summed E-state index contributed by atoms with van der Waals surface area (Å²) in [5.74, 6) is 2.11. The van der Waals surface area contributed by atoms with Crippen LogP contribution >= 0.6 is 11.3 Å². The molecule has 4 nitrogen and oxygen atoms in total. The molecule has 0 aliphatic heterocycles. The zero-order valence-corrected chi connectivity index (χ0v) is 12.0. The lowest BCUT2D eigenvalue weighted by Gasteiger charge is -2.16. The Bertz CT molecular complexity index is 524. The summed E-state index contributed by atoms with van der Waals surface area (Å²) < 4.78 is 5.77. The Hall–Kier alpha value is -1.20. The number of hydrogen-bond donors (Lipinski definition) is 1. The van der Waals surface area contributed by atoms with E-state index in [1.807, 2.05) is 18.5 Å². The first-order valence-corrected chi connectivity index (χ1v) is 7.03. The molecule has 98 valence electrons. The largest absolute Gasteiger partial charge is 0.372 e. The Kier molecular flexibility index (Phi) is 4.14. The van der Waals surface area contributed by atoms with Crippen LogP contribution in [-0.2, 0) is 11.3 Å². The minimum absolute atomic E-state index is 0.214. The highest BCUT2D eigenvalue weighted by Gasteiger charge is 2.11. The molecule has 0 fully saturated rings. The Balaban J connectivity index is 2.18. The van der Waals surface area contributed by atoms with Crippen molar-refractivity contribution in [1.29, 1.82) is 0 Å². The standard InChI is InChI=1S/C13H19N3OS/c1-8(2)9(3)17-7-11-15-12(14-4)10-5-6-18-13(10)16-11/h5-6,8-9H,7H2,1-4H3,(H,14,15,16). The first kappa shape index (κ1) is 13.2. The zero-order chi connectivity index (χ0) is 13.1. The summed E-state index contributed by atoms with van der Waals surface area (Å²) in [6, 6.07) is 2.03. The fourth-order valence-electron chi connectivity index (χ4n) is 1.55. The molecule has 2 aromatic heterocycles. The second-order valence-corrected chi connectivity index (χ2v) is 5.53. The van der Waals surface area contributed by atoms with Crippen LogP contribution in [0, 0.1) is 5.92 Å². The van der Waals surface area contributed by atoms with Gasteiger partial charge in [-0.2, -0.15) is 0 Å². The quantitative estimate of drug-likeness (QED) is 0.901. The molecule has 2 rings (SSSR count). The Morgan fingerprint density at radius 1 is 1.33 bits per heavy atom. The van der Waals surface area contributed by atoms with Crippen LogP contribution in [0.5, 0.6) is 0 Å². The fourth-order valence-corrected chi connectivity index (χ4v) is 2.34. The van der Waals surface area contributed by atoms with Crippen molar-refractivity contribution >= 4 is 27.4 Å². The van der Waals surface area contributed by atoms with E-state index >= 15 is 0 Å². The van der Waals surface area contributed by atoms with Crippen molar-refractivity contribution in [3.05, 3.63) is 17.3 Å². The van der Waals surface area contributed by atoms with Crippen LogP contribution < -0.4 is 5.32 Å². The second kappa shape index (κ2) is 5.63. The van der Waals surface area contributed by atoms with Gasteiger partial charge < -0.3 is 10.1 Å². The first-order valence-electron chi connectivity index (χ1n) is 6.15. The first-order chi connectivity index (χ1) is 8.61. The third kappa shape index (κ3) is 2.79. The van der Waals surface area contributed by atoms with E-state index in [2.05, 4.69) is 36.1 Å². The molecule has 5 heteroatoms. The van der Waals surface area contributed by atoms with Gasteiger partial charge in [-0.3, -0.25) is 0 Å². The van der Waals surface area contributed by atoms with E-state index in [-0.39, 0.29) is 6.10 Å². The number of ether oxygens (including phenoxy) is 1. The third-order valence-electron chi connectivity index (χ3n) is 3.02. The molecule has 0 aliphatic rings. The number of aromatic nitrogens is 2.